The molecule has 2 aromatic carbocycles. The first-order valence-corrected chi connectivity index (χ1v) is 5.13. The zero-order valence-electron chi connectivity index (χ0n) is 9.25. The molecular weight excluding hydrogens is 218 g/mol. The molecule has 0 fully saturated rings. The quantitative estimate of drug-likeness (QED) is 0.634. The summed E-state index contributed by atoms with van der Waals surface area (Å²) >= 11 is 0. The molecular formula is C13H11NO3. The topological polar surface area (TPSA) is 63.4 Å². The van der Waals surface area contributed by atoms with Crippen molar-refractivity contribution in [2.75, 3.05) is 0 Å². The fraction of sp³-hybridized carbons (Fsp3) is 0.0769. The highest BCUT2D eigenvalue weighted by molar-refractivity contribution is 5.76. The summed E-state index contributed by atoms with van der Waals surface area (Å²) in [5.41, 5.74) is 1.45. The van der Waals surface area contributed by atoms with Crippen molar-refractivity contribution in [3.05, 3.63) is 58.1 Å². The summed E-state index contributed by atoms with van der Waals surface area (Å²) in [6.07, 6.45) is 0. The number of rotatable bonds is 2. The average molecular weight is 229 g/mol. The molecule has 0 aromatic heterocycles. The van der Waals surface area contributed by atoms with E-state index in [0.29, 0.717) is 11.1 Å². The Labute approximate surface area is 98.3 Å². The SMILES string of the molecule is Cc1ccc(-c2ccccc2)c(O)c1[N+](=O)[O-]. The van der Waals surface area contributed by atoms with E-state index in [-0.39, 0.29) is 11.4 Å². The number of aromatic hydroxyl groups is 1. The molecule has 0 aliphatic carbocycles. The third-order valence-electron chi connectivity index (χ3n) is 2.62. The molecule has 0 unspecified atom stereocenters. The summed E-state index contributed by atoms with van der Waals surface area (Å²) < 4.78 is 0. The minimum atomic E-state index is -0.558. The number of aryl methyl sites for hydroxylation is 1. The van der Waals surface area contributed by atoms with Crippen LogP contribution >= 0.6 is 0 Å². The molecule has 0 amide bonds. The Morgan fingerprint density at radius 2 is 1.76 bits per heavy atom. The van der Waals surface area contributed by atoms with Crippen LogP contribution in [-0.2, 0) is 0 Å². The molecule has 0 aliphatic rings. The molecule has 0 atom stereocenters. The maximum atomic E-state index is 10.9. The molecule has 4 heteroatoms. The Kier molecular flexibility index (Phi) is 2.78. The molecule has 0 aliphatic heterocycles. The molecule has 17 heavy (non-hydrogen) atoms. The Balaban J connectivity index is 2.66. The van der Waals surface area contributed by atoms with Crippen molar-refractivity contribution in [1.82, 2.24) is 0 Å². The number of hydrogen-bond donors (Lipinski definition) is 1. The largest absolute Gasteiger partial charge is 0.502 e. The molecule has 0 heterocycles. The minimum Gasteiger partial charge on any atom is -0.502 e. The molecule has 0 saturated heterocycles. The third-order valence-corrected chi connectivity index (χ3v) is 2.62. The van der Waals surface area contributed by atoms with Crippen LogP contribution in [0.2, 0.25) is 0 Å². The number of nitrogens with zero attached hydrogens (tertiary/aromatic N) is 1. The smallest absolute Gasteiger partial charge is 0.314 e. The van der Waals surface area contributed by atoms with Crippen molar-refractivity contribution in [3.63, 3.8) is 0 Å². The van der Waals surface area contributed by atoms with Crippen LogP contribution in [0.15, 0.2) is 42.5 Å². The van der Waals surface area contributed by atoms with E-state index >= 15 is 0 Å². The summed E-state index contributed by atoms with van der Waals surface area (Å²) in [6.45, 7) is 1.60. The van der Waals surface area contributed by atoms with Crippen molar-refractivity contribution in [2.24, 2.45) is 0 Å². The first-order valence-electron chi connectivity index (χ1n) is 5.13. The Morgan fingerprint density at radius 1 is 1.12 bits per heavy atom. The molecule has 0 bridgehead atoms. The van der Waals surface area contributed by atoms with Crippen molar-refractivity contribution in [1.29, 1.82) is 0 Å². The normalized spacial score (nSPS) is 10.2. The van der Waals surface area contributed by atoms with Crippen LogP contribution in [-0.4, -0.2) is 10.0 Å². The van der Waals surface area contributed by atoms with Gasteiger partial charge in [0.2, 0.25) is 5.75 Å². The lowest BCUT2D eigenvalue weighted by Gasteiger charge is -2.06. The van der Waals surface area contributed by atoms with E-state index in [2.05, 4.69) is 0 Å². The van der Waals surface area contributed by atoms with Crippen LogP contribution < -0.4 is 0 Å². The first kappa shape index (κ1) is 11.1. The van der Waals surface area contributed by atoms with Gasteiger partial charge in [0.05, 0.1) is 4.92 Å². The third kappa shape index (κ3) is 1.97. The monoisotopic (exact) mass is 229 g/mol. The molecule has 0 saturated carbocycles. The molecule has 2 aromatic rings. The van der Waals surface area contributed by atoms with Gasteiger partial charge in [-0.3, -0.25) is 10.1 Å². The Hall–Kier alpha value is -2.36. The van der Waals surface area contributed by atoms with Crippen LogP contribution in [0.1, 0.15) is 5.56 Å². The van der Waals surface area contributed by atoms with E-state index in [0.717, 1.165) is 5.56 Å². The van der Waals surface area contributed by atoms with Crippen LogP contribution in [0.5, 0.6) is 5.75 Å². The lowest BCUT2D eigenvalue weighted by atomic mass is 10.0. The standard InChI is InChI=1S/C13H11NO3/c1-9-7-8-11(10-5-3-2-4-6-10)13(15)12(9)14(16)17/h2-8,15H,1H3. The summed E-state index contributed by atoms with van der Waals surface area (Å²) in [4.78, 5) is 10.3. The molecule has 1 N–H and O–H groups in total. The average Bonchev–Trinajstić information content (AvgIpc) is 2.30. The van der Waals surface area contributed by atoms with Gasteiger partial charge >= 0.3 is 5.69 Å². The summed E-state index contributed by atoms with van der Waals surface area (Å²) in [6, 6.07) is 12.4. The second kappa shape index (κ2) is 4.25. The number of nitro benzene ring substituents is 1. The molecule has 4 nitrogen and oxygen atoms in total. The highest BCUT2D eigenvalue weighted by atomic mass is 16.6. The van der Waals surface area contributed by atoms with E-state index in [1.54, 1.807) is 31.2 Å². The maximum absolute atomic E-state index is 10.9. The zero-order chi connectivity index (χ0) is 12.4. The van der Waals surface area contributed by atoms with Crippen molar-refractivity contribution >= 4 is 5.69 Å². The van der Waals surface area contributed by atoms with Gasteiger partial charge in [-0.1, -0.05) is 36.4 Å². The molecule has 2 rings (SSSR count). The second-order valence-electron chi connectivity index (χ2n) is 3.75. The van der Waals surface area contributed by atoms with Crippen molar-refractivity contribution in [2.45, 2.75) is 6.92 Å². The fourth-order valence-electron chi connectivity index (χ4n) is 1.76. The van der Waals surface area contributed by atoms with Gasteiger partial charge in [0, 0.05) is 11.1 Å². The zero-order valence-corrected chi connectivity index (χ0v) is 9.25. The number of phenols is 1. The van der Waals surface area contributed by atoms with Crippen LogP contribution in [0.25, 0.3) is 11.1 Å². The highest BCUT2D eigenvalue weighted by Crippen LogP contribution is 2.38. The Bertz CT molecular complexity index is 564. The number of benzene rings is 2. The van der Waals surface area contributed by atoms with Gasteiger partial charge in [0.25, 0.3) is 0 Å². The van der Waals surface area contributed by atoms with Gasteiger partial charge in [0.1, 0.15) is 0 Å². The molecule has 86 valence electrons. The van der Waals surface area contributed by atoms with Gasteiger partial charge < -0.3 is 5.11 Å². The van der Waals surface area contributed by atoms with Crippen LogP contribution in [0.3, 0.4) is 0 Å². The van der Waals surface area contributed by atoms with Gasteiger partial charge in [-0.2, -0.15) is 0 Å². The summed E-state index contributed by atoms with van der Waals surface area (Å²) in [5.74, 6) is -0.277. The molecule has 0 radical (unpaired) electrons. The van der Waals surface area contributed by atoms with E-state index in [4.69, 9.17) is 0 Å². The van der Waals surface area contributed by atoms with Gasteiger partial charge in [-0.25, -0.2) is 0 Å². The number of phenolic OH excluding ortho intramolecular Hbond substituents is 1. The van der Waals surface area contributed by atoms with E-state index in [1.165, 1.54) is 0 Å². The first-order chi connectivity index (χ1) is 8.11. The summed E-state index contributed by atoms with van der Waals surface area (Å²) in [7, 11) is 0. The lowest BCUT2D eigenvalue weighted by molar-refractivity contribution is -0.386. The van der Waals surface area contributed by atoms with E-state index in [9.17, 15) is 15.2 Å². The predicted octanol–water partition coefficient (Wildman–Crippen LogP) is 3.28. The second-order valence-corrected chi connectivity index (χ2v) is 3.75. The maximum Gasteiger partial charge on any atom is 0.314 e. The minimum absolute atomic E-state index is 0.230. The van der Waals surface area contributed by atoms with Gasteiger partial charge in [-0.05, 0) is 18.6 Å². The van der Waals surface area contributed by atoms with Crippen molar-refractivity contribution < 1.29 is 10.0 Å². The van der Waals surface area contributed by atoms with Crippen LogP contribution in [0.4, 0.5) is 5.69 Å². The molecule has 0 spiro atoms. The highest BCUT2D eigenvalue weighted by Gasteiger charge is 2.20. The van der Waals surface area contributed by atoms with E-state index in [1.807, 2.05) is 18.2 Å². The number of nitro groups is 1. The number of hydrogen-bond acceptors (Lipinski definition) is 3. The van der Waals surface area contributed by atoms with Crippen molar-refractivity contribution in [3.8, 4) is 16.9 Å². The predicted molar refractivity (Wildman–Crippen MR) is 64.9 cm³/mol. The van der Waals surface area contributed by atoms with Gasteiger partial charge in [-0.15, -0.1) is 0 Å². The lowest BCUT2D eigenvalue weighted by Crippen LogP contribution is -1.93. The summed E-state index contributed by atoms with van der Waals surface area (Å²) in [5, 5.41) is 20.8. The van der Waals surface area contributed by atoms with E-state index < -0.39 is 4.92 Å². The fourth-order valence-corrected chi connectivity index (χ4v) is 1.76. The van der Waals surface area contributed by atoms with Crippen LogP contribution in [0, 0.1) is 17.0 Å². The Morgan fingerprint density at radius 3 is 2.35 bits per heavy atom. The van der Waals surface area contributed by atoms with Gasteiger partial charge in [0.15, 0.2) is 0 Å².